The maximum Gasteiger partial charge on any atom is 0.191 e. The molecule has 2 heterocycles. The first-order valence-corrected chi connectivity index (χ1v) is 9.67. The molecule has 3 rings (SSSR count). The van der Waals surface area contributed by atoms with Crippen molar-refractivity contribution in [2.45, 2.75) is 51.3 Å². The van der Waals surface area contributed by atoms with Crippen LogP contribution in [0.2, 0.25) is 0 Å². The van der Waals surface area contributed by atoms with Gasteiger partial charge in [-0.2, -0.15) is 5.10 Å². The highest BCUT2D eigenvalue weighted by molar-refractivity contribution is 5.80. The Hall–Kier alpha value is -2.41. The van der Waals surface area contributed by atoms with Crippen molar-refractivity contribution in [3.05, 3.63) is 47.5 Å². The summed E-state index contributed by atoms with van der Waals surface area (Å²) in [5.41, 5.74) is 1.36. The van der Waals surface area contributed by atoms with Crippen LogP contribution in [0.3, 0.4) is 0 Å². The summed E-state index contributed by atoms with van der Waals surface area (Å²) in [5, 5.41) is 11.6. The number of hydrogen-bond donors (Lipinski definition) is 2. The van der Waals surface area contributed by atoms with Gasteiger partial charge in [0.15, 0.2) is 11.8 Å². The second kappa shape index (κ2) is 9.50. The summed E-state index contributed by atoms with van der Waals surface area (Å²) < 4.78 is 7.12. The van der Waals surface area contributed by atoms with Crippen LogP contribution >= 0.6 is 0 Å². The van der Waals surface area contributed by atoms with Crippen LogP contribution in [0.25, 0.3) is 0 Å². The fourth-order valence-corrected chi connectivity index (χ4v) is 3.50. The smallest absolute Gasteiger partial charge is 0.191 e. The van der Waals surface area contributed by atoms with Gasteiger partial charge in [-0.15, -0.1) is 0 Å². The minimum atomic E-state index is 0.289. The van der Waals surface area contributed by atoms with Crippen molar-refractivity contribution in [2.24, 2.45) is 4.99 Å². The number of aliphatic imine (C=N–C) groups is 1. The lowest BCUT2D eigenvalue weighted by Gasteiger charge is -2.26. The topological polar surface area (TPSA) is 76.4 Å². The number of nitrogens with zero attached hydrogens (tertiary/aromatic N) is 4. The van der Waals surface area contributed by atoms with Crippen molar-refractivity contribution in [3.63, 3.8) is 0 Å². The van der Waals surface area contributed by atoms with Crippen molar-refractivity contribution in [1.82, 2.24) is 25.4 Å². The number of rotatable bonds is 7. The van der Waals surface area contributed by atoms with Crippen LogP contribution in [0.15, 0.2) is 35.3 Å². The van der Waals surface area contributed by atoms with Crippen molar-refractivity contribution in [2.75, 3.05) is 20.7 Å². The normalized spacial score (nSPS) is 18.0. The number of aryl methyl sites for hydroxylation is 1. The number of hydrogen-bond acceptors (Lipinski definition) is 4. The van der Waals surface area contributed by atoms with Gasteiger partial charge >= 0.3 is 0 Å². The Morgan fingerprint density at radius 1 is 1.37 bits per heavy atom. The average molecular weight is 371 g/mol. The third-order valence-corrected chi connectivity index (χ3v) is 5.02. The molecule has 0 fully saturated rings. The fraction of sp³-hybridized carbons (Fsp3) is 0.550. The summed E-state index contributed by atoms with van der Waals surface area (Å²) in [4.78, 5) is 8.93. The van der Waals surface area contributed by atoms with Crippen molar-refractivity contribution < 1.29 is 4.74 Å². The SMILES string of the molecule is CCC(CNC(=NC)NC1CCc2nc(COC)nn2C1)c1ccccc1. The number of ether oxygens (including phenoxy) is 1. The van der Waals surface area contributed by atoms with E-state index in [1.165, 1.54) is 5.56 Å². The number of nitrogens with one attached hydrogen (secondary N) is 2. The molecule has 2 atom stereocenters. The van der Waals surface area contributed by atoms with Gasteiger partial charge < -0.3 is 15.4 Å². The Kier molecular flexibility index (Phi) is 6.81. The van der Waals surface area contributed by atoms with E-state index in [1.54, 1.807) is 7.11 Å². The molecule has 0 aliphatic carbocycles. The Bertz CT molecular complexity index is 742. The van der Waals surface area contributed by atoms with Crippen molar-refractivity contribution in [3.8, 4) is 0 Å². The third kappa shape index (κ3) is 5.07. The lowest BCUT2D eigenvalue weighted by atomic mass is 9.96. The number of aromatic nitrogens is 3. The molecule has 27 heavy (non-hydrogen) atoms. The Balaban J connectivity index is 1.54. The Labute approximate surface area is 161 Å². The molecule has 146 valence electrons. The summed E-state index contributed by atoms with van der Waals surface area (Å²) in [6.07, 6.45) is 3.01. The zero-order chi connectivity index (χ0) is 19.1. The van der Waals surface area contributed by atoms with Gasteiger partial charge in [-0.25, -0.2) is 9.67 Å². The molecule has 1 aromatic carbocycles. The highest BCUT2D eigenvalue weighted by Gasteiger charge is 2.22. The van der Waals surface area contributed by atoms with Gasteiger partial charge in [0.2, 0.25) is 0 Å². The van der Waals surface area contributed by atoms with Crippen LogP contribution in [0.1, 0.15) is 42.9 Å². The van der Waals surface area contributed by atoms with Crippen LogP contribution in [-0.4, -0.2) is 47.5 Å². The second-order valence-corrected chi connectivity index (χ2v) is 6.91. The molecule has 0 bridgehead atoms. The monoisotopic (exact) mass is 370 g/mol. The van der Waals surface area contributed by atoms with Gasteiger partial charge in [0.05, 0.1) is 6.54 Å². The summed E-state index contributed by atoms with van der Waals surface area (Å²) in [5.74, 6) is 3.10. The molecule has 0 saturated carbocycles. The molecule has 0 radical (unpaired) electrons. The minimum absolute atomic E-state index is 0.289. The predicted molar refractivity (Wildman–Crippen MR) is 107 cm³/mol. The molecular formula is C20H30N6O. The highest BCUT2D eigenvalue weighted by Crippen LogP contribution is 2.18. The molecule has 0 amide bonds. The van der Waals surface area contributed by atoms with Crippen LogP contribution in [0.4, 0.5) is 0 Å². The number of fused-ring (bicyclic) bond motifs is 1. The molecule has 2 aromatic rings. The number of methoxy groups -OCH3 is 1. The van der Waals surface area contributed by atoms with E-state index in [9.17, 15) is 0 Å². The molecule has 7 nitrogen and oxygen atoms in total. The van der Waals surface area contributed by atoms with E-state index in [0.29, 0.717) is 12.5 Å². The summed E-state index contributed by atoms with van der Waals surface area (Å²) >= 11 is 0. The van der Waals surface area contributed by atoms with E-state index < -0.39 is 0 Å². The zero-order valence-corrected chi connectivity index (χ0v) is 16.5. The predicted octanol–water partition coefficient (Wildman–Crippen LogP) is 2.10. The molecule has 2 N–H and O–H groups in total. The lowest BCUT2D eigenvalue weighted by molar-refractivity contribution is 0.177. The van der Waals surface area contributed by atoms with Gasteiger partial charge in [0.25, 0.3) is 0 Å². The number of benzene rings is 1. The molecule has 2 unspecified atom stereocenters. The largest absolute Gasteiger partial charge is 0.377 e. The Morgan fingerprint density at radius 2 is 2.19 bits per heavy atom. The quantitative estimate of drug-likeness (QED) is 0.577. The molecule has 7 heteroatoms. The van der Waals surface area contributed by atoms with Crippen LogP contribution in [0.5, 0.6) is 0 Å². The number of guanidine groups is 1. The van der Waals surface area contributed by atoms with Crippen LogP contribution in [0, 0.1) is 0 Å². The van der Waals surface area contributed by atoms with Crippen molar-refractivity contribution >= 4 is 5.96 Å². The average Bonchev–Trinajstić information content (AvgIpc) is 3.10. The third-order valence-electron chi connectivity index (χ3n) is 5.02. The minimum Gasteiger partial charge on any atom is -0.377 e. The van der Waals surface area contributed by atoms with Gasteiger partial charge in [-0.3, -0.25) is 4.99 Å². The standard InChI is InChI=1S/C20H30N6O/c1-4-15(16-8-6-5-7-9-16)12-22-20(21-2)23-17-10-11-19-24-18(14-27-3)25-26(19)13-17/h5-9,15,17H,4,10-14H2,1-3H3,(H2,21,22,23). The Morgan fingerprint density at radius 3 is 2.89 bits per heavy atom. The lowest BCUT2D eigenvalue weighted by Crippen LogP contribution is -2.47. The molecule has 0 spiro atoms. The van der Waals surface area contributed by atoms with Gasteiger partial charge in [-0.1, -0.05) is 37.3 Å². The molecule has 0 saturated heterocycles. The fourth-order valence-electron chi connectivity index (χ4n) is 3.50. The van der Waals surface area contributed by atoms with E-state index in [0.717, 1.165) is 50.0 Å². The van der Waals surface area contributed by atoms with Gasteiger partial charge in [0, 0.05) is 39.1 Å². The summed E-state index contributed by atoms with van der Waals surface area (Å²) in [6.45, 7) is 4.34. The van der Waals surface area contributed by atoms with E-state index in [2.05, 4.69) is 63.0 Å². The highest BCUT2D eigenvalue weighted by atomic mass is 16.5. The van der Waals surface area contributed by atoms with E-state index >= 15 is 0 Å². The first-order valence-electron chi connectivity index (χ1n) is 9.67. The van der Waals surface area contributed by atoms with E-state index in [4.69, 9.17) is 4.74 Å². The molecular weight excluding hydrogens is 340 g/mol. The summed E-state index contributed by atoms with van der Waals surface area (Å²) in [6, 6.07) is 10.9. The molecule has 1 aromatic heterocycles. The van der Waals surface area contributed by atoms with Crippen molar-refractivity contribution in [1.29, 1.82) is 0 Å². The molecule has 1 aliphatic rings. The summed E-state index contributed by atoms with van der Waals surface area (Å²) in [7, 11) is 3.48. The first-order chi connectivity index (χ1) is 13.2. The van der Waals surface area contributed by atoms with Crippen LogP contribution < -0.4 is 10.6 Å². The second-order valence-electron chi connectivity index (χ2n) is 6.91. The van der Waals surface area contributed by atoms with Gasteiger partial charge in [0.1, 0.15) is 12.4 Å². The van der Waals surface area contributed by atoms with Gasteiger partial charge in [-0.05, 0) is 18.4 Å². The zero-order valence-electron chi connectivity index (χ0n) is 16.5. The van der Waals surface area contributed by atoms with E-state index in [-0.39, 0.29) is 6.04 Å². The van der Waals surface area contributed by atoms with Crippen LogP contribution in [-0.2, 0) is 24.3 Å². The maximum absolute atomic E-state index is 5.13. The van der Waals surface area contributed by atoms with E-state index in [1.807, 2.05) is 11.7 Å². The molecule has 1 aliphatic heterocycles. The maximum atomic E-state index is 5.13. The first kappa shape index (κ1) is 19.4.